The molecular weight excluding hydrogens is 234 g/mol. The van der Waals surface area contributed by atoms with Crippen LogP contribution in [-0.2, 0) is 10.7 Å². The third kappa shape index (κ3) is 2.65. The van der Waals surface area contributed by atoms with E-state index < -0.39 is 24.7 Å². The van der Waals surface area contributed by atoms with Crippen LogP contribution in [0.4, 0.5) is 8.78 Å². The second-order valence-electron chi connectivity index (χ2n) is 2.70. The van der Waals surface area contributed by atoms with Crippen LogP contribution < -0.4 is 0 Å². The molecule has 0 atom stereocenters. The van der Waals surface area contributed by atoms with Crippen molar-refractivity contribution in [1.82, 2.24) is 0 Å². The largest absolute Gasteiger partial charge is 0.481 e. The lowest BCUT2D eigenvalue weighted by atomic mass is 10.1. The van der Waals surface area contributed by atoms with Crippen molar-refractivity contribution in [2.75, 3.05) is 0 Å². The van der Waals surface area contributed by atoms with Gasteiger partial charge in [0.1, 0.15) is 0 Å². The van der Waals surface area contributed by atoms with Crippen LogP contribution in [0.1, 0.15) is 17.7 Å². The highest BCUT2D eigenvalue weighted by molar-refractivity contribution is 7.10. The fraction of sp³-hybridized carbons (Fsp3) is 0.375. The third-order valence-corrected chi connectivity index (χ3v) is 3.06. The predicted octanol–water partition coefficient (Wildman–Crippen LogP) is 3.36. The maximum atomic E-state index is 13.3. The fourth-order valence-corrected chi connectivity index (χ4v) is 2.14. The first-order valence-electron chi connectivity index (χ1n) is 3.76. The van der Waals surface area contributed by atoms with E-state index in [4.69, 9.17) is 16.7 Å². The van der Waals surface area contributed by atoms with E-state index >= 15 is 0 Å². The molecule has 0 saturated carbocycles. The lowest BCUT2D eigenvalue weighted by Crippen LogP contribution is -2.14. The number of hydrogen-bond acceptors (Lipinski definition) is 2. The molecule has 0 radical (unpaired) electrons. The molecule has 0 fully saturated rings. The van der Waals surface area contributed by atoms with E-state index in [9.17, 15) is 13.6 Å². The van der Waals surface area contributed by atoms with Gasteiger partial charge in [-0.1, -0.05) is 11.6 Å². The number of carboxylic acid groups (broad SMARTS) is 1. The summed E-state index contributed by atoms with van der Waals surface area (Å²) < 4.78 is 26.5. The van der Waals surface area contributed by atoms with Crippen molar-refractivity contribution in [2.45, 2.75) is 18.8 Å². The summed E-state index contributed by atoms with van der Waals surface area (Å²) in [4.78, 5) is 9.87. The molecule has 0 bridgehead atoms. The van der Waals surface area contributed by atoms with Gasteiger partial charge in [0.2, 0.25) is 0 Å². The summed E-state index contributed by atoms with van der Waals surface area (Å²) in [6.45, 7) is 0. The third-order valence-electron chi connectivity index (χ3n) is 1.60. The van der Waals surface area contributed by atoms with Crippen LogP contribution in [0.25, 0.3) is 0 Å². The SMILES string of the molecule is O=C(O)CCC(F)(F)c1sccc1Cl. The normalized spacial score (nSPS) is 11.6. The molecule has 0 aliphatic carbocycles. The molecule has 14 heavy (non-hydrogen) atoms. The topological polar surface area (TPSA) is 37.3 Å². The number of rotatable bonds is 4. The molecule has 1 aromatic rings. The zero-order chi connectivity index (χ0) is 10.8. The van der Waals surface area contributed by atoms with Crippen LogP contribution >= 0.6 is 22.9 Å². The van der Waals surface area contributed by atoms with Crippen LogP contribution in [0.15, 0.2) is 11.4 Å². The van der Waals surface area contributed by atoms with Crippen LogP contribution in [0.3, 0.4) is 0 Å². The smallest absolute Gasteiger partial charge is 0.303 e. The van der Waals surface area contributed by atoms with Crippen LogP contribution in [0.5, 0.6) is 0 Å². The van der Waals surface area contributed by atoms with Gasteiger partial charge >= 0.3 is 5.97 Å². The minimum atomic E-state index is -3.15. The minimum absolute atomic E-state index is 0.00890. The predicted molar refractivity (Wildman–Crippen MR) is 50.1 cm³/mol. The van der Waals surface area contributed by atoms with Crippen molar-refractivity contribution in [2.24, 2.45) is 0 Å². The Balaban J connectivity index is 2.75. The molecule has 6 heteroatoms. The van der Waals surface area contributed by atoms with Crippen LogP contribution in [-0.4, -0.2) is 11.1 Å². The Morgan fingerprint density at radius 2 is 2.29 bits per heavy atom. The van der Waals surface area contributed by atoms with Gasteiger partial charge in [-0.05, 0) is 11.4 Å². The summed E-state index contributed by atoms with van der Waals surface area (Å²) in [5.41, 5.74) is 0. The van der Waals surface area contributed by atoms with Gasteiger partial charge in [-0.25, -0.2) is 8.78 Å². The number of aliphatic carboxylic acids is 1. The van der Waals surface area contributed by atoms with Crippen LogP contribution in [0.2, 0.25) is 5.02 Å². The standard InChI is InChI=1S/C8H7ClF2O2S/c9-5-2-4-14-7(5)8(10,11)3-1-6(12)13/h2,4H,1,3H2,(H,12,13). The molecule has 0 spiro atoms. The number of carboxylic acids is 1. The first kappa shape index (κ1) is 11.4. The average molecular weight is 241 g/mol. The zero-order valence-corrected chi connectivity index (χ0v) is 8.54. The zero-order valence-electron chi connectivity index (χ0n) is 6.97. The lowest BCUT2D eigenvalue weighted by molar-refractivity contribution is -0.139. The van der Waals surface area contributed by atoms with Crippen molar-refractivity contribution < 1.29 is 18.7 Å². The number of hydrogen-bond donors (Lipinski definition) is 1. The summed E-state index contributed by atoms with van der Waals surface area (Å²) in [6.07, 6.45) is -1.29. The van der Waals surface area contributed by atoms with Gasteiger partial charge < -0.3 is 5.11 Å². The molecule has 2 nitrogen and oxygen atoms in total. The van der Waals surface area contributed by atoms with Gasteiger partial charge in [0, 0.05) is 6.42 Å². The lowest BCUT2D eigenvalue weighted by Gasteiger charge is -2.13. The number of carbonyl (C=O) groups is 1. The number of alkyl halides is 2. The Hall–Kier alpha value is -0.680. The summed E-state index contributed by atoms with van der Waals surface area (Å²) in [7, 11) is 0. The summed E-state index contributed by atoms with van der Waals surface area (Å²) in [6, 6.07) is 1.37. The average Bonchev–Trinajstić information content (AvgIpc) is 2.48. The van der Waals surface area contributed by atoms with E-state index in [1.165, 1.54) is 11.4 Å². The Bertz CT molecular complexity index is 338. The van der Waals surface area contributed by atoms with Gasteiger partial charge in [0.05, 0.1) is 16.3 Å². The molecule has 1 rings (SSSR count). The monoisotopic (exact) mass is 240 g/mol. The maximum Gasteiger partial charge on any atom is 0.303 e. The molecule has 1 heterocycles. The number of thiophene rings is 1. The molecule has 0 aromatic carbocycles. The second-order valence-corrected chi connectivity index (χ2v) is 4.02. The molecule has 0 saturated heterocycles. The molecule has 0 aliphatic heterocycles. The van der Waals surface area contributed by atoms with Crippen LogP contribution in [0, 0.1) is 0 Å². The van der Waals surface area contributed by atoms with Gasteiger partial charge in [0.15, 0.2) is 0 Å². The van der Waals surface area contributed by atoms with Crippen molar-refractivity contribution in [1.29, 1.82) is 0 Å². The van der Waals surface area contributed by atoms with E-state index in [1.54, 1.807) is 0 Å². The highest BCUT2D eigenvalue weighted by atomic mass is 35.5. The Morgan fingerprint density at radius 1 is 1.64 bits per heavy atom. The van der Waals surface area contributed by atoms with Crippen molar-refractivity contribution in [3.05, 3.63) is 21.3 Å². The Kier molecular flexibility index (Phi) is 3.44. The second kappa shape index (κ2) is 4.23. The van der Waals surface area contributed by atoms with Gasteiger partial charge in [-0.3, -0.25) is 4.79 Å². The fourth-order valence-electron chi connectivity index (χ4n) is 0.932. The maximum absolute atomic E-state index is 13.3. The molecule has 1 aromatic heterocycles. The van der Waals surface area contributed by atoms with Crippen molar-refractivity contribution in [3.8, 4) is 0 Å². The van der Waals surface area contributed by atoms with E-state index in [-0.39, 0.29) is 9.90 Å². The van der Waals surface area contributed by atoms with E-state index in [2.05, 4.69) is 0 Å². The van der Waals surface area contributed by atoms with Crippen molar-refractivity contribution >= 4 is 28.9 Å². The van der Waals surface area contributed by atoms with Crippen molar-refractivity contribution in [3.63, 3.8) is 0 Å². The summed E-state index contributed by atoms with van der Waals surface area (Å²) in [5.74, 6) is -4.39. The molecule has 1 N–H and O–H groups in total. The highest BCUT2D eigenvalue weighted by Gasteiger charge is 2.35. The Labute approximate surface area is 88.1 Å². The van der Waals surface area contributed by atoms with E-state index in [1.807, 2.05) is 0 Å². The first-order chi connectivity index (χ1) is 6.43. The summed E-state index contributed by atoms with van der Waals surface area (Å²) in [5, 5.41) is 9.72. The first-order valence-corrected chi connectivity index (χ1v) is 5.02. The van der Waals surface area contributed by atoms with E-state index in [0.29, 0.717) is 0 Å². The molecule has 0 aliphatic rings. The van der Waals surface area contributed by atoms with Gasteiger partial charge in [0.25, 0.3) is 5.92 Å². The van der Waals surface area contributed by atoms with Gasteiger partial charge in [-0.15, -0.1) is 11.3 Å². The minimum Gasteiger partial charge on any atom is -0.481 e. The molecular formula is C8H7ClF2O2S. The van der Waals surface area contributed by atoms with E-state index in [0.717, 1.165) is 11.3 Å². The Morgan fingerprint density at radius 3 is 2.71 bits per heavy atom. The molecule has 0 amide bonds. The summed E-state index contributed by atoms with van der Waals surface area (Å²) >= 11 is 6.36. The highest BCUT2D eigenvalue weighted by Crippen LogP contribution is 2.40. The quantitative estimate of drug-likeness (QED) is 0.876. The number of halogens is 3. The molecule has 78 valence electrons. The molecule has 0 unspecified atom stereocenters. The van der Waals surface area contributed by atoms with Gasteiger partial charge in [-0.2, -0.15) is 0 Å².